The van der Waals surface area contributed by atoms with Crippen LogP contribution < -0.4 is 0 Å². The van der Waals surface area contributed by atoms with Crippen LogP contribution in [0.5, 0.6) is 0 Å². The molecule has 0 aliphatic heterocycles. The lowest BCUT2D eigenvalue weighted by molar-refractivity contribution is -0.0209. The minimum Gasteiger partial charge on any atom is -0.393 e. The van der Waals surface area contributed by atoms with Gasteiger partial charge >= 0.3 is 0 Å². The van der Waals surface area contributed by atoms with E-state index in [1.54, 1.807) is 18.3 Å². The number of rotatable bonds is 2. The maximum absolute atomic E-state index is 13.1. The van der Waals surface area contributed by atoms with Crippen LogP contribution in [0.15, 0.2) is 46.1 Å². The maximum Gasteiger partial charge on any atom is 0.123 e. The van der Waals surface area contributed by atoms with E-state index >= 15 is 0 Å². The van der Waals surface area contributed by atoms with Gasteiger partial charge in [-0.25, -0.2) is 4.39 Å². The van der Waals surface area contributed by atoms with Crippen molar-refractivity contribution < 1.29 is 9.50 Å². The molecule has 0 spiro atoms. The Balaban J connectivity index is 1.37. The zero-order chi connectivity index (χ0) is 20.9. The van der Waals surface area contributed by atoms with Gasteiger partial charge in [0.1, 0.15) is 5.82 Å². The van der Waals surface area contributed by atoms with Crippen LogP contribution in [0.3, 0.4) is 0 Å². The van der Waals surface area contributed by atoms with Gasteiger partial charge in [-0.05, 0) is 92.2 Å². The van der Waals surface area contributed by atoms with Crippen molar-refractivity contribution in [3.05, 3.63) is 47.3 Å². The molecule has 4 aliphatic carbocycles. The Morgan fingerprint density at radius 1 is 1.03 bits per heavy atom. The molecule has 0 bridgehead atoms. The lowest BCUT2D eigenvalue weighted by Gasteiger charge is -2.57. The van der Waals surface area contributed by atoms with Crippen LogP contribution in [-0.2, 0) is 0 Å². The van der Waals surface area contributed by atoms with Crippen molar-refractivity contribution in [2.24, 2.45) is 38.8 Å². The van der Waals surface area contributed by atoms with Crippen LogP contribution in [0.25, 0.3) is 0 Å². The normalized spacial score (nSPS) is 42.0. The van der Waals surface area contributed by atoms with E-state index in [0.29, 0.717) is 5.92 Å². The van der Waals surface area contributed by atoms with E-state index in [2.05, 4.69) is 30.1 Å². The van der Waals surface area contributed by atoms with Gasteiger partial charge in [0.15, 0.2) is 0 Å². The second-order valence-electron chi connectivity index (χ2n) is 10.5. The van der Waals surface area contributed by atoms with Crippen LogP contribution in [0.1, 0.15) is 70.8 Å². The second kappa shape index (κ2) is 7.40. The van der Waals surface area contributed by atoms with Crippen LogP contribution in [0.2, 0.25) is 0 Å². The lowest BCUT2D eigenvalue weighted by atomic mass is 9.48. The number of allylic oxidation sites excluding steroid dienone is 1. The minimum atomic E-state index is -0.229. The van der Waals surface area contributed by atoms with E-state index in [1.165, 1.54) is 42.7 Å². The fourth-order valence-electron chi connectivity index (χ4n) is 7.31. The molecule has 160 valence electrons. The number of aliphatic hydroxyl groups is 1. The predicted molar refractivity (Wildman–Crippen MR) is 119 cm³/mol. The number of hydrogen-bond donors (Lipinski definition) is 1. The second-order valence-corrected chi connectivity index (χ2v) is 10.5. The first-order valence-electron chi connectivity index (χ1n) is 11.6. The molecule has 4 aliphatic rings. The van der Waals surface area contributed by atoms with Crippen molar-refractivity contribution in [1.29, 1.82) is 0 Å². The molecule has 6 atom stereocenters. The molecule has 30 heavy (non-hydrogen) atoms. The van der Waals surface area contributed by atoms with Gasteiger partial charge in [-0.2, -0.15) is 10.2 Å². The third-order valence-electron chi connectivity index (χ3n) is 9.07. The highest BCUT2D eigenvalue weighted by Crippen LogP contribution is 2.64. The van der Waals surface area contributed by atoms with E-state index in [0.717, 1.165) is 49.5 Å². The van der Waals surface area contributed by atoms with Crippen molar-refractivity contribution in [2.75, 3.05) is 0 Å². The first-order valence-corrected chi connectivity index (χ1v) is 11.6. The fourth-order valence-corrected chi connectivity index (χ4v) is 7.31. The molecule has 0 heterocycles. The highest BCUT2D eigenvalue weighted by Gasteiger charge is 2.57. The van der Waals surface area contributed by atoms with Gasteiger partial charge in [0, 0.05) is 11.1 Å². The number of halogens is 1. The summed E-state index contributed by atoms with van der Waals surface area (Å²) in [5.41, 5.74) is 4.09. The number of hydrogen-bond acceptors (Lipinski definition) is 3. The molecule has 0 radical (unpaired) electrons. The number of fused-ring (bicyclic) bond motifs is 5. The molecule has 0 saturated heterocycles. The standard InChI is InChI=1S/C26H33FN2O/c1-25-13-11-20(30)15-18(25)5-8-21-22-9-10-24(26(22,2)14-12-23(21)25)29-28-16-17-3-6-19(27)7-4-17/h3-7,16,20-23,30H,8-15H2,1-2H3/b28-16-,29-24-/t20-,21+,22-,23+,25-,26+/m0/s1. The van der Waals surface area contributed by atoms with Crippen LogP contribution in [0.4, 0.5) is 4.39 Å². The molecular weight excluding hydrogens is 375 g/mol. The first-order chi connectivity index (χ1) is 14.4. The monoisotopic (exact) mass is 408 g/mol. The Labute approximate surface area is 179 Å². The summed E-state index contributed by atoms with van der Waals surface area (Å²) >= 11 is 0. The smallest absolute Gasteiger partial charge is 0.123 e. The fraction of sp³-hybridized carbons (Fsp3) is 0.615. The summed E-state index contributed by atoms with van der Waals surface area (Å²) in [5.74, 6) is 1.91. The summed E-state index contributed by atoms with van der Waals surface area (Å²) < 4.78 is 13.1. The molecule has 1 aromatic rings. The lowest BCUT2D eigenvalue weighted by Crippen LogP contribution is -2.50. The maximum atomic E-state index is 13.1. The molecule has 0 amide bonds. The quantitative estimate of drug-likeness (QED) is 0.368. The number of benzene rings is 1. The SMILES string of the molecule is C[C@]12CC[C@H](O)CC1=CC[C@H]1[C@H]2CC[C@@]2(C)/C(=N\N=C/c3ccc(F)cc3)CC[C@@H]12. The van der Waals surface area contributed by atoms with Gasteiger partial charge in [0.05, 0.1) is 12.3 Å². The van der Waals surface area contributed by atoms with Crippen molar-refractivity contribution in [1.82, 2.24) is 0 Å². The van der Waals surface area contributed by atoms with Gasteiger partial charge in [-0.15, -0.1) is 0 Å². The largest absolute Gasteiger partial charge is 0.393 e. The molecule has 1 N–H and O–H groups in total. The summed E-state index contributed by atoms with van der Waals surface area (Å²) in [6.07, 6.45) is 12.9. The summed E-state index contributed by atoms with van der Waals surface area (Å²) in [6, 6.07) is 6.38. The van der Waals surface area contributed by atoms with Gasteiger partial charge in [0.2, 0.25) is 0 Å². The molecular formula is C26H33FN2O. The van der Waals surface area contributed by atoms with Crippen LogP contribution >= 0.6 is 0 Å². The van der Waals surface area contributed by atoms with E-state index in [9.17, 15) is 9.50 Å². The predicted octanol–water partition coefficient (Wildman–Crippen LogP) is 5.92. The Kier molecular flexibility index (Phi) is 4.96. The van der Waals surface area contributed by atoms with Gasteiger partial charge in [-0.3, -0.25) is 0 Å². The molecule has 3 fully saturated rings. The van der Waals surface area contributed by atoms with Crippen molar-refractivity contribution in [3.63, 3.8) is 0 Å². The average Bonchev–Trinajstić information content (AvgIpc) is 3.06. The molecule has 0 aromatic heterocycles. The average molecular weight is 409 g/mol. The number of nitrogens with zero attached hydrogens (tertiary/aromatic N) is 2. The Morgan fingerprint density at radius 3 is 2.57 bits per heavy atom. The molecule has 3 nitrogen and oxygen atoms in total. The number of aliphatic hydroxyl groups excluding tert-OH is 1. The van der Waals surface area contributed by atoms with E-state index in [1.807, 2.05) is 0 Å². The van der Waals surface area contributed by atoms with Gasteiger partial charge in [0.25, 0.3) is 0 Å². The van der Waals surface area contributed by atoms with Gasteiger partial charge in [-0.1, -0.05) is 37.6 Å². The Bertz CT molecular complexity index is 904. The first kappa shape index (κ1) is 20.1. The Hall–Kier alpha value is -1.81. The minimum absolute atomic E-state index is 0.140. The zero-order valence-corrected chi connectivity index (χ0v) is 18.1. The van der Waals surface area contributed by atoms with Crippen LogP contribution in [-0.4, -0.2) is 23.1 Å². The third-order valence-corrected chi connectivity index (χ3v) is 9.07. The highest BCUT2D eigenvalue weighted by molar-refractivity contribution is 5.93. The van der Waals surface area contributed by atoms with Crippen molar-refractivity contribution >= 4 is 11.9 Å². The van der Waals surface area contributed by atoms with Crippen LogP contribution in [0, 0.1) is 34.4 Å². The van der Waals surface area contributed by atoms with E-state index < -0.39 is 0 Å². The topological polar surface area (TPSA) is 45.0 Å². The summed E-state index contributed by atoms with van der Waals surface area (Å²) in [5, 5.41) is 19.2. The Morgan fingerprint density at radius 2 is 1.77 bits per heavy atom. The molecule has 4 heteroatoms. The highest BCUT2D eigenvalue weighted by atomic mass is 19.1. The van der Waals surface area contributed by atoms with E-state index in [4.69, 9.17) is 0 Å². The third kappa shape index (κ3) is 3.19. The summed E-state index contributed by atoms with van der Waals surface area (Å²) in [7, 11) is 0. The molecule has 3 saturated carbocycles. The zero-order valence-electron chi connectivity index (χ0n) is 18.1. The summed E-state index contributed by atoms with van der Waals surface area (Å²) in [6.45, 7) is 4.89. The van der Waals surface area contributed by atoms with Crippen molar-refractivity contribution in [2.45, 2.75) is 71.3 Å². The summed E-state index contributed by atoms with van der Waals surface area (Å²) in [4.78, 5) is 0. The molecule has 1 aromatic carbocycles. The molecule has 5 rings (SSSR count). The van der Waals surface area contributed by atoms with Crippen molar-refractivity contribution in [3.8, 4) is 0 Å². The van der Waals surface area contributed by atoms with Gasteiger partial charge < -0.3 is 5.11 Å². The van der Waals surface area contributed by atoms with E-state index in [-0.39, 0.29) is 22.8 Å². The molecule has 0 unspecified atom stereocenters.